The van der Waals surface area contributed by atoms with Gasteiger partial charge in [0.15, 0.2) is 17.3 Å². The summed E-state index contributed by atoms with van der Waals surface area (Å²) in [5.41, 5.74) is 1.91. The molecule has 0 aliphatic heterocycles. The van der Waals surface area contributed by atoms with E-state index in [0.29, 0.717) is 11.5 Å². The largest absolute Gasteiger partial charge is 0.493 e. The molecule has 0 spiro atoms. The van der Waals surface area contributed by atoms with Crippen LogP contribution in [0.25, 0.3) is 6.08 Å². The van der Waals surface area contributed by atoms with E-state index in [1.807, 2.05) is 55.5 Å². The van der Waals surface area contributed by atoms with Crippen LogP contribution in [0.15, 0.2) is 54.6 Å². The first kappa shape index (κ1) is 15.8. The summed E-state index contributed by atoms with van der Waals surface area (Å²) in [5, 5.41) is 0. The number of ketones is 1. The fraction of sp³-hybridized carbons (Fsp3) is 0.211. The van der Waals surface area contributed by atoms with Gasteiger partial charge in [-0.2, -0.15) is 0 Å². The van der Waals surface area contributed by atoms with Gasteiger partial charge < -0.3 is 9.47 Å². The molecule has 0 N–H and O–H groups in total. The first-order valence-electron chi connectivity index (χ1n) is 7.14. The summed E-state index contributed by atoms with van der Waals surface area (Å²) in [4.78, 5) is 12.3. The second kappa shape index (κ2) is 7.46. The first-order valence-corrected chi connectivity index (χ1v) is 7.14. The third kappa shape index (κ3) is 3.76. The number of carbonyl (C=O) groups is 1. The van der Waals surface area contributed by atoms with Crippen molar-refractivity contribution in [1.82, 2.24) is 0 Å². The van der Waals surface area contributed by atoms with Crippen molar-refractivity contribution in [2.45, 2.75) is 12.8 Å². The van der Waals surface area contributed by atoms with Crippen LogP contribution in [0.2, 0.25) is 0 Å². The lowest BCUT2D eigenvalue weighted by Gasteiger charge is -2.09. The molecule has 0 aliphatic carbocycles. The normalized spacial score (nSPS) is 12.1. The SMILES string of the molecule is COc1ccc(/C=C/C(=O)C(C)c2ccccc2)cc1OC. The van der Waals surface area contributed by atoms with Crippen molar-refractivity contribution in [3.05, 3.63) is 65.7 Å². The highest BCUT2D eigenvalue weighted by Crippen LogP contribution is 2.28. The molecule has 3 heteroatoms. The molecule has 1 unspecified atom stereocenters. The smallest absolute Gasteiger partial charge is 0.162 e. The number of benzene rings is 2. The predicted molar refractivity (Wildman–Crippen MR) is 88.4 cm³/mol. The maximum Gasteiger partial charge on any atom is 0.162 e. The number of hydrogen-bond acceptors (Lipinski definition) is 3. The van der Waals surface area contributed by atoms with Crippen LogP contribution in [0.1, 0.15) is 24.0 Å². The molecule has 3 nitrogen and oxygen atoms in total. The van der Waals surface area contributed by atoms with Gasteiger partial charge in [-0.1, -0.05) is 49.4 Å². The van der Waals surface area contributed by atoms with Crippen molar-refractivity contribution in [3.8, 4) is 11.5 Å². The lowest BCUT2D eigenvalue weighted by Crippen LogP contribution is -2.05. The molecule has 2 rings (SSSR count). The molecule has 0 radical (unpaired) electrons. The molecule has 0 saturated carbocycles. The minimum Gasteiger partial charge on any atom is -0.493 e. The molecule has 0 saturated heterocycles. The third-order valence-corrected chi connectivity index (χ3v) is 3.57. The molecule has 0 aliphatic rings. The molecule has 114 valence electrons. The van der Waals surface area contributed by atoms with Gasteiger partial charge in [0, 0.05) is 5.92 Å². The Labute approximate surface area is 131 Å². The second-order valence-electron chi connectivity index (χ2n) is 4.98. The van der Waals surface area contributed by atoms with Crippen LogP contribution in [0.3, 0.4) is 0 Å². The van der Waals surface area contributed by atoms with Crippen LogP contribution >= 0.6 is 0 Å². The lowest BCUT2D eigenvalue weighted by atomic mass is 9.96. The van der Waals surface area contributed by atoms with Crippen LogP contribution in [0, 0.1) is 0 Å². The summed E-state index contributed by atoms with van der Waals surface area (Å²) >= 11 is 0. The number of rotatable bonds is 6. The topological polar surface area (TPSA) is 35.5 Å². The lowest BCUT2D eigenvalue weighted by molar-refractivity contribution is -0.115. The fourth-order valence-electron chi connectivity index (χ4n) is 2.19. The van der Waals surface area contributed by atoms with E-state index in [1.165, 1.54) is 0 Å². The van der Waals surface area contributed by atoms with Gasteiger partial charge in [-0.3, -0.25) is 4.79 Å². The van der Waals surface area contributed by atoms with Crippen LogP contribution < -0.4 is 9.47 Å². The minimum atomic E-state index is -0.155. The average Bonchev–Trinajstić information content (AvgIpc) is 2.59. The zero-order valence-electron chi connectivity index (χ0n) is 13.1. The van der Waals surface area contributed by atoms with Gasteiger partial charge in [0.2, 0.25) is 0 Å². The molecule has 0 aromatic heterocycles. The average molecular weight is 296 g/mol. The molecule has 2 aromatic rings. The van der Waals surface area contributed by atoms with E-state index in [2.05, 4.69) is 0 Å². The van der Waals surface area contributed by atoms with Gasteiger partial charge in [-0.05, 0) is 29.3 Å². The van der Waals surface area contributed by atoms with Gasteiger partial charge >= 0.3 is 0 Å². The molecule has 0 amide bonds. The molecule has 2 aromatic carbocycles. The summed E-state index contributed by atoms with van der Waals surface area (Å²) in [6.45, 7) is 1.91. The maximum atomic E-state index is 12.3. The highest BCUT2D eigenvalue weighted by molar-refractivity contribution is 5.98. The number of hydrogen-bond donors (Lipinski definition) is 0. The van der Waals surface area contributed by atoms with Crippen LogP contribution in [-0.2, 0) is 4.79 Å². The van der Waals surface area contributed by atoms with Crippen molar-refractivity contribution < 1.29 is 14.3 Å². The Morgan fingerprint density at radius 2 is 1.68 bits per heavy atom. The van der Waals surface area contributed by atoms with E-state index < -0.39 is 0 Å². The summed E-state index contributed by atoms with van der Waals surface area (Å²) < 4.78 is 10.5. The Kier molecular flexibility index (Phi) is 5.37. The Hall–Kier alpha value is -2.55. The molecule has 0 heterocycles. The standard InChI is InChI=1S/C19H20O3/c1-14(16-7-5-4-6-8-16)17(20)11-9-15-10-12-18(21-2)19(13-15)22-3/h4-14H,1-3H3/b11-9+. The highest BCUT2D eigenvalue weighted by atomic mass is 16.5. The van der Waals surface area contributed by atoms with Gasteiger partial charge in [0.05, 0.1) is 14.2 Å². The summed E-state index contributed by atoms with van der Waals surface area (Å²) in [7, 11) is 3.19. The number of methoxy groups -OCH3 is 2. The Morgan fingerprint density at radius 1 is 1.00 bits per heavy atom. The van der Waals surface area contributed by atoms with Crippen molar-refractivity contribution in [2.24, 2.45) is 0 Å². The van der Waals surface area contributed by atoms with Crippen LogP contribution in [0.5, 0.6) is 11.5 Å². The van der Waals surface area contributed by atoms with E-state index in [9.17, 15) is 4.79 Å². The van der Waals surface area contributed by atoms with Gasteiger partial charge in [-0.15, -0.1) is 0 Å². The molecule has 1 atom stereocenters. The van der Waals surface area contributed by atoms with Crippen molar-refractivity contribution in [3.63, 3.8) is 0 Å². The monoisotopic (exact) mass is 296 g/mol. The first-order chi connectivity index (χ1) is 10.7. The van der Waals surface area contributed by atoms with Crippen LogP contribution in [-0.4, -0.2) is 20.0 Å². The Morgan fingerprint density at radius 3 is 2.32 bits per heavy atom. The molecule has 22 heavy (non-hydrogen) atoms. The van der Waals surface area contributed by atoms with E-state index in [0.717, 1.165) is 11.1 Å². The predicted octanol–water partition coefficient (Wildman–Crippen LogP) is 4.09. The maximum absolute atomic E-state index is 12.3. The summed E-state index contributed by atoms with van der Waals surface area (Å²) in [6.07, 6.45) is 3.41. The Bertz CT molecular complexity index is 660. The van der Waals surface area contributed by atoms with Crippen molar-refractivity contribution in [1.29, 1.82) is 0 Å². The minimum absolute atomic E-state index is 0.0704. The zero-order chi connectivity index (χ0) is 15.9. The third-order valence-electron chi connectivity index (χ3n) is 3.57. The van der Waals surface area contributed by atoms with Gasteiger partial charge in [0.25, 0.3) is 0 Å². The van der Waals surface area contributed by atoms with Crippen LogP contribution in [0.4, 0.5) is 0 Å². The quantitative estimate of drug-likeness (QED) is 0.753. The van der Waals surface area contributed by atoms with Crippen molar-refractivity contribution >= 4 is 11.9 Å². The van der Waals surface area contributed by atoms with E-state index in [1.54, 1.807) is 26.4 Å². The van der Waals surface area contributed by atoms with E-state index in [-0.39, 0.29) is 11.7 Å². The number of carbonyl (C=O) groups excluding carboxylic acids is 1. The van der Waals surface area contributed by atoms with Gasteiger partial charge in [-0.25, -0.2) is 0 Å². The second-order valence-corrected chi connectivity index (χ2v) is 4.98. The van der Waals surface area contributed by atoms with Crippen molar-refractivity contribution in [2.75, 3.05) is 14.2 Å². The fourth-order valence-corrected chi connectivity index (χ4v) is 2.19. The molecule has 0 bridgehead atoms. The van der Waals surface area contributed by atoms with E-state index >= 15 is 0 Å². The number of ether oxygens (including phenoxy) is 2. The molecular formula is C19H20O3. The molecule has 0 fully saturated rings. The number of allylic oxidation sites excluding steroid dienone is 1. The van der Waals surface area contributed by atoms with E-state index in [4.69, 9.17) is 9.47 Å². The Balaban J connectivity index is 2.13. The summed E-state index contributed by atoms with van der Waals surface area (Å²) in [5.74, 6) is 1.23. The van der Waals surface area contributed by atoms with Gasteiger partial charge in [0.1, 0.15) is 0 Å². The summed E-state index contributed by atoms with van der Waals surface area (Å²) in [6, 6.07) is 15.3. The highest BCUT2D eigenvalue weighted by Gasteiger charge is 2.11. The zero-order valence-corrected chi connectivity index (χ0v) is 13.1. The molecular weight excluding hydrogens is 276 g/mol.